The van der Waals surface area contributed by atoms with Crippen molar-refractivity contribution in [3.8, 4) is 0 Å². The number of hydrogen-bond acceptors (Lipinski definition) is 3. The van der Waals surface area contributed by atoms with Gasteiger partial charge in [-0.15, -0.1) is 0 Å². The normalized spacial score (nSPS) is 13.3. The number of carboxylic acid groups (broad SMARTS) is 1. The molecule has 120 valence electrons. The van der Waals surface area contributed by atoms with Crippen LogP contribution in [0.1, 0.15) is 71.1 Å². The molecule has 1 heterocycles. The van der Waals surface area contributed by atoms with Crippen molar-refractivity contribution in [3.05, 3.63) is 0 Å². The van der Waals surface area contributed by atoms with Crippen molar-refractivity contribution < 1.29 is 9.90 Å². The van der Waals surface area contributed by atoms with Crippen LogP contribution in [0.5, 0.6) is 0 Å². The summed E-state index contributed by atoms with van der Waals surface area (Å²) in [6.45, 7) is 3.90. The van der Waals surface area contributed by atoms with Crippen LogP contribution in [0.4, 0.5) is 0 Å². The van der Waals surface area contributed by atoms with Crippen LogP contribution in [0, 0.1) is 0 Å². The van der Waals surface area contributed by atoms with Crippen LogP contribution in [0.2, 0.25) is 0 Å². The van der Waals surface area contributed by atoms with Gasteiger partial charge in [0.1, 0.15) is 6.54 Å². The van der Waals surface area contributed by atoms with Crippen molar-refractivity contribution in [1.29, 1.82) is 0 Å². The van der Waals surface area contributed by atoms with Crippen molar-refractivity contribution in [2.75, 3.05) is 19.6 Å². The summed E-state index contributed by atoms with van der Waals surface area (Å²) >= 11 is 0. The van der Waals surface area contributed by atoms with E-state index in [4.69, 9.17) is 5.11 Å². The van der Waals surface area contributed by atoms with Crippen molar-refractivity contribution in [2.24, 2.45) is 4.99 Å². The van der Waals surface area contributed by atoms with E-state index in [1.165, 1.54) is 51.4 Å². The summed E-state index contributed by atoms with van der Waals surface area (Å²) in [6, 6.07) is 0. The topological polar surface area (TPSA) is 52.9 Å². The Kier molecular flexibility index (Phi) is 19.2. The second-order valence-electron chi connectivity index (χ2n) is 5.69. The molecule has 4 nitrogen and oxygen atoms in total. The van der Waals surface area contributed by atoms with Crippen LogP contribution >= 0.6 is 0 Å². The van der Waals surface area contributed by atoms with Gasteiger partial charge in [-0.2, -0.15) is 0 Å². The molecular formula is C16H32N2Na2O2. The molecule has 0 bridgehead atoms. The van der Waals surface area contributed by atoms with E-state index in [-0.39, 0.29) is 65.7 Å². The van der Waals surface area contributed by atoms with Crippen LogP contribution in [0.3, 0.4) is 0 Å². The standard InChI is InChI=1S/C16H30N2O2.2Na.2H/c1-2-3-4-5-6-7-8-9-10-11-15-17-12-13-18(15)14-16(19)20;;;;/h2-14H2,1H3,(H,19,20);;;;. The molecule has 0 unspecified atom stereocenters. The Bertz CT molecular complexity index is 313. The molecule has 0 fully saturated rings. The first-order valence-corrected chi connectivity index (χ1v) is 8.24. The molecule has 0 aromatic rings. The van der Waals surface area contributed by atoms with Crippen LogP contribution in [-0.2, 0) is 4.79 Å². The molecule has 1 rings (SSSR count). The van der Waals surface area contributed by atoms with Gasteiger partial charge in [-0.3, -0.25) is 9.79 Å². The molecular weight excluding hydrogens is 298 g/mol. The fraction of sp³-hybridized carbons (Fsp3) is 0.875. The van der Waals surface area contributed by atoms with Crippen molar-refractivity contribution in [1.82, 2.24) is 4.90 Å². The Morgan fingerprint density at radius 3 is 2.14 bits per heavy atom. The van der Waals surface area contributed by atoms with Gasteiger partial charge in [0.25, 0.3) is 0 Å². The molecule has 0 spiro atoms. The van der Waals surface area contributed by atoms with Crippen molar-refractivity contribution in [2.45, 2.75) is 71.1 Å². The summed E-state index contributed by atoms with van der Waals surface area (Å²) in [7, 11) is 0. The fourth-order valence-electron chi connectivity index (χ4n) is 2.69. The van der Waals surface area contributed by atoms with Gasteiger partial charge < -0.3 is 10.0 Å². The minimum atomic E-state index is -0.758. The van der Waals surface area contributed by atoms with Gasteiger partial charge in [-0.05, 0) is 6.42 Å². The summed E-state index contributed by atoms with van der Waals surface area (Å²) in [6.07, 6.45) is 12.8. The van der Waals surface area contributed by atoms with E-state index in [1.54, 1.807) is 0 Å². The van der Waals surface area contributed by atoms with Gasteiger partial charge in [0.15, 0.2) is 0 Å². The Morgan fingerprint density at radius 1 is 1.05 bits per heavy atom. The van der Waals surface area contributed by atoms with Crippen LogP contribution in [0.15, 0.2) is 4.99 Å². The maximum absolute atomic E-state index is 10.7. The Balaban J connectivity index is 0. The van der Waals surface area contributed by atoms with E-state index >= 15 is 0 Å². The van der Waals surface area contributed by atoms with Gasteiger partial charge in [-0.25, -0.2) is 0 Å². The average Bonchev–Trinajstić information content (AvgIpc) is 2.83. The third kappa shape index (κ3) is 12.4. The molecule has 0 amide bonds. The Labute approximate surface area is 180 Å². The number of carboxylic acids is 1. The van der Waals surface area contributed by atoms with Gasteiger partial charge >= 0.3 is 65.1 Å². The van der Waals surface area contributed by atoms with E-state index in [0.29, 0.717) is 0 Å². The summed E-state index contributed by atoms with van der Waals surface area (Å²) in [5.41, 5.74) is 0. The van der Waals surface area contributed by atoms with Crippen LogP contribution in [-0.4, -0.2) is 101 Å². The summed E-state index contributed by atoms with van der Waals surface area (Å²) in [5.74, 6) is 0.252. The first-order chi connectivity index (χ1) is 9.74. The molecule has 1 N–H and O–H groups in total. The molecule has 0 radical (unpaired) electrons. The number of carbonyl (C=O) groups is 1. The number of aliphatic imine (C=N–C) groups is 1. The van der Waals surface area contributed by atoms with Gasteiger partial charge in [-0.1, -0.05) is 58.3 Å². The molecule has 1 aliphatic rings. The van der Waals surface area contributed by atoms with Crippen LogP contribution < -0.4 is 0 Å². The third-order valence-corrected chi connectivity index (χ3v) is 3.86. The van der Waals surface area contributed by atoms with Crippen molar-refractivity contribution >= 4 is 70.9 Å². The zero-order valence-corrected chi connectivity index (χ0v) is 12.9. The minimum absolute atomic E-state index is 0. The number of nitrogens with zero attached hydrogens (tertiary/aromatic N) is 2. The van der Waals surface area contributed by atoms with E-state index in [1.807, 2.05) is 4.90 Å². The third-order valence-electron chi connectivity index (χ3n) is 3.86. The van der Waals surface area contributed by atoms with Gasteiger partial charge in [0.05, 0.1) is 12.4 Å². The number of amidine groups is 1. The maximum atomic E-state index is 10.7. The van der Waals surface area contributed by atoms with Gasteiger partial charge in [0, 0.05) is 13.0 Å². The van der Waals surface area contributed by atoms with Crippen molar-refractivity contribution in [3.63, 3.8) is 0 Å². The van der Waals surface area contributed by atoms with E-state index in [0.717, 1.165) is 31.8 Å². The number of aliphatic carboxylic acids is 1. The van der Waals surface area contributed by atoms with Gasteiger partial charge in [0.2, 0.25) is 0 Å². The molecule has 22 heavy (non-hydrogen) atoms. The SMILES string of the molecule is CCCCCCCCCCCC1=NCCN1CC(=O)O.[NaH].[NaH]. The van der Waals surface area contributed by atoms with E-state index < -0.39 is 5.97 Å². The zero-order valence-electron chi connectivity index (χ0n) is 12.9. The predicted octanol–water partition coefficient (Wildman–Crippen LogP) is 2.41. The molecule has 0 aromatic carbocycles. The predicted molar refractivity (Wildman–Crippen MR) is 97.7 cm³/mol. The fourth-order valence-corrected chi connectivity index (χ4v) is 2.69. The molecule has 0 aliphatic carbocycles. The molecule has 0 aromatic heterocycles. The van der Waals surface area contributed by atoms with Crippen LogP contribution in [0.25, 0.3) is 0 Å². The molecule has 0 saturated carbocycles. The molecule has 1 aliphatic heterocycles. The molecule has 0 saturated heterocycles. The molecule has 0 atom stereocenters. The van der Waals surface area contributed by atoms with E-state index in [9.17, 15) is 4.79 Å². The number of rotatable bonds is 12. The first-order valence-electron chi connectivity index (χ1n) is 8.24. The zero-order chi connectivity index (χ0) is 14.6. The summed E-state index contributed by atoms with van der Waals surface area (Å²) in [4.78, 5) is 17.1. The Morgan fingerprint density at radius 2 is 1.59 bits per heavy atom. The number of unbranched alkanes of at least 4 members (excludes halogenated alkanes) is 8. The second kappa shape index (κ2) is 16.8. The van der Waals surface area contributed by atoms with E-state index in [2.05, 4.69) is 11.9 Å². The Hall–Kier alpha value is 0.940. The molecule has 6 heteroatoms. The second-order valence-corrected chi connectivity index (χ2v) is 5.69. The summed E-state index contributed by atoms with van der Waals surface area (Å²) < 4.78 is 0. The number of hydrogen-bond donors (Lipinski definition) is 1. The quantitative estimate of drug-likeness (QED) is 0.442. The monoisotopic (exact) mass is 330 g/mol. The first kappa shape index (κ1) is 25.2. The average molecular weight is 330 g/mol. The summed E-state index contributed by atoms with van der Waals surface area (Å²) in [5, 5.41) is 8.83.